The number of halogens is 1. The van der Waals surface area contributed by atoms with Gasteiger partial charge in [-0.2, -0.15) is 0 Å². The smallest absolute Gasteiger partial charge is 0.255 e. The second-order valence-corrected chi connectivity index (χ2v) is 5.33. The molecule has 0 aliphatic rings. The van der Waals surface area contributed by atoms with Gasteiger partial charge in [-0.3, -0.25) is 4.79 Å². The topological polar surface area (TPSA) is 29.1 Å². The molecule has 0 saturated carbocycles. The van der Waals surface area contributed by atoms with Crippen molar-refractivity contribution in [1.82, 2.24) is 0 Å². The molecule has 0 radical (unpaired) electrons. The minimum atomic E-state index is -0.149. The summed E-state index contributed by atoms with van der Waals surface area (Å²) in [4.78, 5) is 12.1. The van der Waals surface area contributed by atoms with E-state index in [9.17, 15) is 4.79 Å². The van der Waals surface area contributed by atoms with Gasteiger partial charge in [-0.25, -0.2) is 0 Å². The maximum Gasteiger partial charge on any atom is 0.255 e. The fourth-order valence-electron chi connectivity index (χ4n) is 1.96. The maximum absolute atomic E-state index is 12.1. The van der Waals surface area contributed by atoms with Gasteiger partial charge >= 0.3 is 0 Å². The molecular formula is C17H18ClNO. The average molecular weight is 288 g/mol. The van der Waals surface area contributed by atoms with Crippen LogP contribution in [-0.4, -0.2) is 5.91 Å². The highest BCUT2D eigenvalue weighted by atomic mass is 35.5. The number of anilines is 1. The largest absolute Gasteiger partial charge is 0.322 e. The van der Waals surface area contributed by atoms with E-state index in [2.05, 4.69) is 31.3 Å². The first-order chi connectivity index (χ1) is 9.60. The molecule has 104 valence electrons. The van der Waals surface area contributed by atoms with E-state index >= 15 is 0 Å². The van der Waals surface area contributed by atoms with Crippen LogP contribution in [0.5, 0.6) is 0 Å². The number of hydrogen-bond donors (Lipinski definition) is 1. The van der Waals surface area contributed by atoms with Gasteiger partial charge in [-0.15, -0.1) is 0 Å². The summed E-state index contributed by atoms with van der Waals surface area (Å²) < 4.78 is 0. The fraction of sp³-hybridized carbons (Fsp3) is 0.235. The molecule has 3 heteroatoms. The molecule has 2 aromatic rings. The van der Waals surface area contributed by atoms with Gasteiger partial charge in [0.05, 0.1) is 0 Å². The standard InChI is InChI=1S/C17H18ClNO/c1-3-12(2)13-7-9-16(10-8-13)19-17(20)14-5-4-6-15(18)11-14/h4-12H,3H2,1-2H3,(H,19,20)/t12-/m1/s1. The van der Waals surface area contributed by atoms with Gasteiger partial charge in [-0.05, 0) is 48.2 Å². The highest BCUT2D eigenvalue weighted by molar-refractivity contribution is 6.31. The lowest BCUT2D eigenvalue weighted by molar-refractivity contribution is 0.102. The van der Waals surface area contributed by atoms with E-state index in [1.165, 1.54) is 5.56 Å². The molecule has 2 rings (SSSR count). The first-order valence-corrected chi connectivity index (χ1v) is 7.15. The van der Waals surface area contributed by atoms with E-state index in [1.807, 2.05) is 12.1 Å². The highest BCUT2D eigenvalue weighted by Crippen LogP contribution is 2.21. The second-order valence-electron chi connectivity index (χ2n) is 4.90. The van der Waals surface area contributed by atoms with E-state index in [-0.39, 0.29) is 5.91 Å². The van der Waals surface area contributed by atoms with E-state index in [0.717, 1.165) is 12.1 Å². The van der Waals surface area contributed by atoms with Crippen molar-refractivity contribution in [3.63, 3.8) is 0 Å². The van der Waals surface area contributed by atoms with Crippen LogP contribution < -0.4 is 5.32 Å². The Morgan fingerprint density at radius 3 is 2.50 bits per heavy atom. The van der Waals surface area contributed by atoms with Crippen molar-refractivity contribution < 1.29 is 4.79 Å². The van der Waals surface area contributed by atoms with Crippen LogP contribution in [0.4, 0.5) is 5.69 Å². The Morgan fingerprint density at radius 1 is 1.20 bits per heavy atom. The zero-order valence-corrected chi connectivity index (χ0v) is 12.4. The Balaban J connectivity index is 2.08. The summed E-state index contributed by atoms with van der Waals surface area (Å²) in [6.45, 7) is 4.36. The molecular weight excluding hydrogens is 270 g/mol. The molecule has 0 aliphatic heterocycles. The molecule has 0 aromatic heterocycles. The van der Waals surface area contributed by atoms with Crippen molar-refractivity contribution in [2.45, 2.75) is 26.2 Å². The molecule has 0 fully saturated rings. The first-order valence-electron chi connectivity index (χ1n) is 6.77. The first kappa shape index (κ1) is 14.6. The van der Waals surface area contributed by atoms with Crippen molar-refractivity contribution in [2.75, 3.05) is 5.32 Å². The SMILES string of the molecule is CC[C@@H](C)c1ccc(NC(=O)c2cccc(Cl)c2)cc1. The summed E-state index contributed by atoms with van der Waals surface area (Å²) in [5.74, 6) is 0.386. The van der Waals surface area contributed by atoms with Gasteiger partial charge in [0.2, 0.25) is 0 Å². The van der Waals surface area contributed by atoms with Crippen molar-refractivity contribution in [1.29, 1.82) is 0 Å². The van der Waals surface area contributed by atoms with E-state index < -0.39 is 0 Å². The van der Waals surface area contributed by atoms with Crippen molar-refractivity contribution in [3.8, 4) is 0 Å². The van der Waals surface area contributed by atoms with Crippen LogP contribution in [0.1, 0.15) is 42.1 Å². The number of benzene rings is 2. The summed E-state index contributed by atoms with van der Waals surface area (Å²) >= 11 is 5.88. The molecule has 0 aliphatic carbocycles. The summed E-state index contributed by atoms with van der Waals surface area (Å²) in [5, 5.41) is 3.43. The minimum Gasteiger partial charge on any atom is -0.322 e. The van der Waals surface area contributed by atoms with Gasteiger partial charge in [0.25, 0.3) is 5.91 Å². The molecule has 0 spiro atoms. The molecule has 2 aromatic carbocycles. The van der Waals surface area contributed by atoms with Crippen molar-refractivity contribution in [2.24, 2.45) is 0 Å². The minimum absolute atomic E-state index is 0.149. The Hall–Kier alpha value is -1.80. The average Bonchev–Trinajstić information content (AvgIpc) is 2.47. The quantitative estimate of drug-likeness (QED) is 0.832. The molecule has 0 saturated heterocycles. The summed E-state index contributed by atoms with van der Waals surface area (Å²) in [6.07, 6.45) is 1.11. The predicted octanol–water partition coefficient (Wildman–Crippen LogP) is 5.11. The maximum atomic E-state index is 12.1. The van der Waals surface area contributed by atoms with E-state index in [1.54, 1.807) is 24.3 Å². The third kappa shape index (κ3) is 3.61. The molecule has 1 amide bonds. The van der Waals surface area contributed by atoms with Gasteiger partial charge in [0, 0.05) is 16.3 Å². The molecule has 0 bridgehead atoms. The number of nitrogens with one attached hydrogen (secondary N) is 1. The number of hydrogen-bond acceptors (Lipinski definition) is 1. The Bertz CT molecular complexity index is 592. The van der Waals surface area contributed by atoms with Crippen molar-refractivity contribution in [3.05, 3.63) is 64.7 Å². The zero-order valence-electron chi connectivity index (χ0n) is 11.7. The number of carbonyl (C=O) groups excluding carboxylic acids is 1. The predicted molar refractivity (Wildman–Crippen MR) is 84.6 cm³/mol. The summed E-state index contributed by atoms with van der Waals surface area (Å²) in [7, 11) is 0. The van der Waals surface area contributed by atoms with Crippen LogP contribution in [0, 0.1) is 0 Å². The van der Waals surface area contributed by atoms with Gasteiger partial charge in [0.1, 0.15) is 0 Å². The van der Waals surface area contributed by atoms with E-state index in [4.69, 9.17) is 11.6 Å². The van der Waals surface area contributed by atoms with Crippen molar-refractivity contribution >= 4 is 23.2 Å². The molecule has 1 N–H and O–H groups in total. The van der Waals surface area contributed by atoms with Crippen LogP contribution in [0.3, 0.4) is 0 Å². The van der Waals surface area contributed by atoms with Gasteiger partial charge in [0.15, 0.2) is 0 Å². The van der Waals surface area contributed by atoms with E-state index in [0.29, 0.717) is 16.5 Å². The zero-order chi connectivity index (χ0) is 14.5. The molecule has 0 unspecified atom stereocenters. The molecule has 20 heavy (non-hydrogen) atoms. The summed E-state index contributed by atoms with van der Waals surface area (Å²) in [5.41, 5.74) is 2.64. The van der Waals surface area contributed by atoms with Crippen LogP contribution >= 0.6 is 11.6 Å². The molecule has 1 atom stereocenters. The number of amides is 1. The lowest BCUT2D eigenvalue weighted by atomic mass is 9.98. The van der Waals surface area contributed by atoms with Gasteiger partial charge < -0.3 is 5.32 Å². The third-order valence-electron chi connectivity index (χ3n) is 3.44. The summed E-state index contributed by atoms with van der Waals surface area (Å²) in [6, 6.07) is 14.9. The monoisotopic (exact) mass is 287 g/mol. The van der Waals surface area contributed by atoms with Crippen LogP contribution in [0.25, 0.3) is 0 Å². The second kappa shape index (κ2) is 6.58. The normalized spacial score (nSPS) is 11.9. The van der Waals surface area contributed by atoms with Crippen LogP contribution in [0.2, 0.25) is 5.02 Å². The molecule has 2 nitrogen and oxygen atoms in total. The third-order valence-corrected chi connectivity index (χ3v) is 3.67. The Morgan fingerprint density at radius 2 is 1.90 bits per heavy atom. The molecule has 0 heterocycles. The number of rotatable bonds is 4. The van der Waals surface area contributed by atoms with Crippen LogP contribution in [0.15, 0.2) is 48.5 Å². The van der Waals surface area contributed by atoms with Crippen LogP contribution in [-0.2, 0) is 0 Å². The Kier molecular flexibility index (Phi) is 4.80. The lowest BCUT2D eigenvalue weighted by Gasteiger charge is -2.10. The lowest BCUT2D eigenvalue weighted by Crippen LogP contribution is -2.11. The van der Waals surface area contributed by atoms with Gasteiger partial charge in [-0.1, -0.05) is 43.6 Å². The fourth-order valence-corrected chi connectivity index (χ4v) is 2.15. The number of carbonyl (C=O) groups is 1. The highest BCUT2D eigenvalue weighted by Gasteiger charge is 2.07. The Labute approximate surface area is 124 Å².